The largest absolute Gasteiger partial charge is 0.282 e. The predicted molar refractivity (Wildman–Crippen MR) is 81.6 cm³/mol. The molecule has 3 nitrogen and oxygen atoms in total. The summed E-state index contributed by atoms with van der Waals surface area (Å²) in [7, 11) is -3.41. The first-order valence-corrected chi connectivity index (χ1v) is 8.21. The lowest BCUT2D eigenvalue weighted by Gasteiger charge is -2.10. The molecular weight excluding hydrogens is 326 g/mol. The van der Waals surface area contributed by atoms with Crippen molar-refractivity contribution in [2.45, 2.75) is 12.7 Å². The van der Waals surface area contributed by atoms with Crippen molar-refractivity contribution >= 4 is 31.6 Å². The Balaban J connectivity index is 2.20. The number of nitrogens with one attached hydrogen (secondary N) is 1. The van der Waals surface area contributed by atoms with Gasteiger partial charge in [-0.1, -0.05) is 36.4 Å². The molecule has 0 bridgehead atoms. The topological polar surface area (TPSA) is 46.2 Å². The van der Waals surface area contributed by atoms with Crippen LogP contribution in [0.2, 0.25) is 0 Å². The van der Waals surface area contributed by atoms with Crippen molar-refractivity contribution < 1.29 is 8.42 Å². The van der Waals surface area contributed by atoms with E-state index in [-0.39, 0.29) is 5.75 Å². The van der Waals surface area contributed by atoms with Crippen LogP contribution in [0.1, 0.15) is 11.1 Å². The van der Waals surface area contributed by atoms with Gasteiger partial charge in [-0.25, -0.2) is 8.42 Å². The Morgan fingerprint density at radius 1 is 1.11 bits per heavy atom. The third-order valence-corrected chi connectivity index (χ3v) is 4.52. The summed E-state index contributed by atoms with van der Waals surface area (Å²) in [6.45, 7) is 1.92. The predicted octanol–water partition coefficient (Wildman–Crippen LogP) is 3.70. The van der Waals surface area contributed by atoms with Crippen LogP contribution >= 0.6 is 15.9 Å². The average molecular weight is 340 g/mol. The Labute approximate surface area is 121 Å². The highest BCUT2D eigenvalue weighted by Gasteiger charge is 2.13. The van der Waals surface area contributed by atoms with Gasteiger partial charge < -0.3 is 0 Å². The van der Waals surface area contributed by atoms with Crippen LogP contribution in [0.3, 0.4) is 0 Å². The Morgan fingerprint density at radius 3 is 2.47 bits per heavy atom. The zero-order valence-corrected chi connectivity index (χ0v) is 12.8. The number of hydrogen-bond donors (Lipinski definition) is 1. The molecule has 5 heteroatoms. The molecule has 100 valence electrons. The first-order chi connectivity index (χ1) is 8.96. The Kier molecular flexibility index (Phi) is 4.27. The van der Waals surface area contributed by atoms with Crippen LogP contribution in [0.4, 0.5) is 5.69 Å². The highest BCUT2D eigenvalue weighted by atomic mass is 79.9. The minimum Gasteiger partial charge on any atom is -0.282 e. The van der Waals surface area contributed by atoms with Crippen molar-refractivity contribution in [2.75, 3.05) is 4.72 Å². The van der Waals surface area contributed by atoms with Crippen molar-refractivity contribution in [3.05, 3.63) is 64.1 Å². The van der Waals surface area contributed by atoms with Gasteiger partial charge in [0, 0.05) is 4.47 Å². The average Bonchev–Trinajstić information content (AvgIpc) is 2.34. The molecule has 2 aromatic rings. The quantitative estimate of drug-likeness (QED) is 0.922. The lowest BCUT2D eigenvalue weighted by molar-refractivity contribution is 0.600. The number of hydrogen-bond acceptors (Lipinski definition) is 2. The zero-order valence-electron chi connectivity index (χ0n) is 10.4. The molecule has 0 aliphatic heterocycles. The third-order valence-electron chi connectivity index (χ3n) is 2.59. The Morgan fingerprint density at radius 2 is 1.79 bits per heavy atom. The minimum atomic E-state index is -3.41. The molecule has 0 amide bonds. The summed E-state index contributed by atoms with van der Waals surface area (Å²) in [6.07, 6.45) is 0. The fourth-order valence-electron chi connectivity index (χ4n) is 1.71. The van der Waals surface area contributed by atoms with E-state index in [1.165, 1.54) is 0 Å². The summed E-state index contributed by atoms with van der Waals surface area (Å²) in [5.74, 6) is -0.0335. The molecule has 0 spiro atoms. The van der Waals surface area contributed by atoms with Crippen molar-refractivity contribution in [3.63, 3.8) is 0 Å². The molecule has 2 aromatic carbocycles. The van der Waals surface area contributed by atoms with Crippen LogP contribution < -0.4 is 4.72 Å². The molecule has 0 aromatic heterocycles. The van der Waals surface area contributed by atoms with E-state index in [1.54, 1.807) is 18.2 Å². The highest BCUT2D eigenvalue weighted by molar-refractivity contribution is 9.10. The van der Waals surface area contributed by atoms with Crippen LogP contribution in [0.5, 0.6) is 0 Å². The van der Waals surface area contributed by atoms with Crippen molar-refractivity contribution in [2.24, 2.45) is 0 Å². The Hall–Kier alpha value is -1.33. The van der Waals surface area contributed by atoms with E-state index in [2.05, 4.69) is 20.7 Å². The first kappa shape index (κ1) is 14.1. The second kappa shape index (κ2) is 5.75. The third kappa shape index (κ3) is 4.08. The summed E-state index contributed by atoms with van der Waals surface area (Å²) in [6, 6.07) is 14.7. The minimum absolute atomic E-state index is 0.0335. The molecule has 0 aliphatic carbocycles. The summed E-state index contributed by atoms with van der Waals surface area (Å²) in [4.78, 5) is 0. The van der Waals surface area contributed by atoms with Gasteiger partial charge in [0.05, 0.1) is 11.4 Å². The van der Waals surface area contributed by atoms with E-state index in [1.807, 2.05) is 37.3 Å². The van der Waals surface area contributed by atoms with Crippen LogP contribution in [0, 0.1) is 6.92 Å². The van der Waals surface area contributed by atoms with Gasteiger partial charge in [0.2, 0.25) is 10.0 Å². The summed E-state index contributed by atoms with van der Waals surface area (Å²) in [5.41, 5.74) is 2.33. The molecule has 0 aliphatic rings. The van der Waals surface area contributed by atoms with Gasteiger partial charge in [-0.3, -0.25) is 4.72 Å². The number of aryl methyl sites for hydroxylation is 1. The monoisotopic (exact) mass is 339 g/mol. The summed E-state index contributed by atoms with van der Waals surface area (Å²) >= 11 is 3.34. The number of halogens is 1. The number of rotatable bonds is 4. The SMILES string of the molecule is Cc1ccc(Br)c(NS(=O)(=O)Cc2ccccc2)c1. The summed E-state index contributed by atoms with van der Waals surface area (Å²) < 4.78 is 27.5. The van der Waals surface area contributed by atoms with E-state index in [0.717, 1.165) is 15.6 Å². The maximum absolute atomic E-state index is 12.1. The zero-order chi connectivity index (χ0) is 13.9. The van der Waals surface area contributed by atoms with Gasteiger partial charge in [-0.2, -0.15) is 0 Å². The van der Waals surface area contributed by atoms with Gasteiger partial charge in [0.1, 0.15) is 0 Å². The lowest BCUT2D eigenvalue weighted by atomic mass is 10.2. The van der Waals surface area contributed by atoms with Crippen molar-refractivity contribution in [3.8, 4) is 0 Å². The van der Waals surface area contributed by atoms with E-state index < -0.39 is 10.0 Å². The molecule has 0 atom stereocenters. The maximum atomic E-state index is 12.1. The molecule has 0 saturated carbocycles. The summed E-state index contributed by atoms with van der Waals surface area (Å²) in [5, 5.41) is 0. The van der Waals surface area contributed by atoms with Crippen LogP contribution in [-0.2, 0) is 15.8 Å². The molecule has 19 heavy (non-hydrogen) atoms. The van der Waals surface area contributed by atoms with E-state index in [0.29, 0.717) is 5.69 Å². The van der Waals surface area contributed by atoms with Crippen molar-refractivity contribution in [1.82, 2.24) is 0 Å². The van der Waals surface area contributed by atoms with Gasteiger partial charge in [-0.05, 0) is 46.1 Å². The number of benzene rings is 2. The second-order valence-corrected chi connectivity index (χ2v) is 6.91. The van der Waals surface area contributed by atoms with E-state index >= 15 is 0 Å². The Bertz CT molecular complexity index is 669. The molecule has 0 heterocycles. The first-order valence-electron chi connectivity index (χ1n) is 5.77. The van der Waals surface area contributed by atoms with Crippen LogP contribution in [0.25, 0.3) is 0 Å². The van der Waals surface area contributed by atoms with Crippen molar-refractivity contribution in [1.29, 1.82) is 0 Å². The van der Waals surface area contributed by atoms with Crippen LogP contribution in [0.15, 0.2) is 53.0 Å². The van der Waals surface area contributed by atoms with Gasteiger partial charge in [0.15, 0.2) is 0 Å². The fourth-order valence-corrected chi connectivity index (χ4v) is 3.40. The standard InChI is InChI=1S/C14H14BrNO2S/c1-11-7-8-13(15)14(9-11)16-19(17,18)10-12-5-3-2-4-6-12/h2-9,16H,10H2,1H3. The van der Waals surface area contributed by atoms with Gasteiger partial charge >= 0.3 is 0 Å². The molecule has 0 fully saturated rings. The lowest BCUT2D eigenvalue weighted by Crippen LogP contribution is -2.15. The molecule has 0 saturated heterocycles. The highest BCUT2D eigenvalue weighted by Crippen LogP contribution is 2.25. The molecule has 2 rings (SSSR count). The van der Waals surface area contributed by atoms with E-state index in [4.69, 9.17) is 0 Å². The van der Waals surface area contributed by atoms with Gasteiger partial charge in [0.25, 0.3) is 0 Å². The maximum Gasteiger partial charge on any atom is 0.236 e. The molecule has 0 unspecified atom stereocenters. The number of anilines is 1. The van der Waals surface area contributed by atoms with E-state index in [9.17, 15) is 8.42 Å². The number of sulfonamides is 1. The molecular formula is C14H14BrNO2S. The normalized spacial score (nSPS) is 11.3. The smallest absolute Gasteiger partial charge is 0.236 e. The van der Waals surface area contributed by atoms with Gasteiger partial charge in [-0.15, -0.1) is 0 Å². The fraction of sp³-hybridized carbons (Fsp3) is 0.143. The van der Waals surface area contributed by atoms with Crippen LogP contribution in [-0.4, -0.2) is 8.42 Å². The second-order valence-electron chi connectivity index (χ2n) is 4.33. The molecule has 0 radical (unpaired) electrons. The molecule has 1 N–H and O–H groups in total.